The van der Waals surface area contributed by atoms with Gasteiger partial charge in [0.05, 0.1) is 0 Å². The van der Waals surface area contributed by atoms with E-state index in [-0.39, 0.29) is 12.4 Å². The van der Waals surface area contributed by atoms with Gasteiger partial charge in [0.2, 0.25) is 5.91 Å². The summed E-state index contributed by atoms with van der Waals surface area (Å²) in [7, 11) is 0. The molecule has 94 valence electrons. The molecule has 2 rings (SSSR count). The van der Waals surface area contributed by atoms with Crippen LogP contribution in [0.2, 0.25) is 0 Å². The first-order chi connectivity index (χ1) is 7.11. The molecule has 1 spiro atoms. The average molecular weight is 247 g/mol. The highest BCUT2D eigenvalue weighted by Gasteiger charge is 2.41. The molecule has 16 heavy (non-hydrogen) atoms. The molecular weight excluding hydrogens is 224 g/mol. The first-order valence-electron chi connectivity index (χ1n) is 6.10. The molecule has 1 N–H and O–H groups in total. The maximum absolute atomic E-state index is 11.9. The predicted octanol–water partition coefficient (Wildman–Crippen LogP) is 1.67. The van der Waals surface area contributed by atoms with Crippen LogP contribution >= 0.6 is 12.4 Å². The van der Waals surface area contributed by atoms with E-state index in [2.05, 4.69) is 24.1 Å². The molecule has 0 aliphatic carbocycles. The maximum atomic E-state index is 11.9. The summed E-state index contributed by atoms with van der Waals surface area (Å²) in [6.07, 6.45) is 3.16. The first kappa shape index (κ1) is 13.8. The van der Waals surface area contributed by atoms with Gasteiger partial charge in [-0.3, -0.25) is 4.79 Å². The van der Waals surface area contributed by atoms with Crippen molar-refractivity contribution in [3.05, 3.63) is 0 Å². The maximum Gasteiger partial charge on any atom is 0.222 e. The molecule has 1 unspecified atom stereocenters. The summed E-state index contributed by atoms with van der Waals surface area (Å²) in [4.78, 5) is 14.0. The summed E-state index contributed by atoms with van der Waals surface area (Å²) >= 11 is 0. The molecule has 1 atom stereocenters. The zero-order valence-electron chi connectivity index (χ0n) is 10.3. The van der Waals surface area contributed by atoms with E-state index in [4.69, 9.17) is 0 Å². The summed E-state index contributed by atoms with van der Waals surface area (Å²) in [5.74, 6) is 0.838. The lowest BCUT2D eigenvalue weighted by Gasteiger charge is -2.23. The van der Waals surface area contributed by atoms with Crippen molar-refractivity contribution in [2.75, 3.05) is 26.2 Å². The molecule has 0 aromatic heterocycles. The van der Waals surface area contributed by atoms with Gasteiger partial charge in [0, 0.05) is 31.5 Å². The number of halogens is 1. The van der Waals surface area contributed by atoms with Crippen molar-refractivity contribution in [2.45, 2.75) is 33.1 Å². The van der Waals surface area contributed by atoms with Crippen LogP contribution in [-0.2, 0) is 4.79 Å². The lowest BCUT2D eigenvalue weighted by atomic mass is 9.86. The summed E-state index contributed by atoms with van der Waals surface area (Å²) in [5, 5.41) is 3.42. The van der Waals surface area contributed by atoms with Gasteiger partial charge in [0.25, 0.3) is 0 Å². The number of carbonyl (C=O) groups is 1. The predicted molar refractivity (Wildman–Crippen MR) is 67.8 cm³/mol. The minimum atomic E-state index is 0. The van der Waals surface area contributed by atoms with Crippen LogP contribution in [0.4, 0.5) is 0 Å². The minimum Gasteiger partial charge on any atom is -0.342 e. The fraction of sp³-hybridized carbons (Fsp3) is 0.917. The Morgan fingerprint density at radius 1 is 1.44 bits per heavy atom. The summed E-state index contributed by atoms with van der Waals surface area (Å²) in [5.41, 5.74) is 0.423. The van der Waals surface area contributed by atoms with Crippen molar-refractivity contribution in [3.8, 4) is 0 Å². The molecule has 4 heteroatoms. The van der Waals surface area contributed by atoms with Crippen LogP contribution in [0.5, 0.6) is 0 Å². The van der Waals surface area contributed by atoms with Crippen LogP contribution in [-0.4, -0.2) is 37.0 Å². The molecule has 2 aliphatic rings. The van der Waals surface area contributed by atoms with E-state index in [0.717, 1.165) is 26.2 Å². The van der Waals surface area contributed by atoms with E-state index >= 15 is 0 Å². The Hall–Kier alpha value is -0.280. The molecule has 0 saturated carbocycles. The molecule has 0 aromatic rings. The Kier molecular flexibility index (Phi) is 4.62. The molecule has 2 fully saturated rings. The topological polar surface area (TPSA) is 32.3 Å². The summed E-state index contributed by atoms with van der Waals surface area (Å²) < 4.78 is 0. The molecule has 2 heterocycles. The van der Waals surface area contributed by atoms with Crippen molar-refractivity contribution in [3.63, 3.8) is 0 Å². The van der Waals surface area contributed by atoms with Crippen LogP contribution in [0.3, 0.4) is 0 Å². The first-order valence-corrected chi connectivity index (χ1v) is 6.10. The number of rotatable bonds is 2. The smallest absolute Gasteiger partial charge is 0.222 e. The van der Waals surface area contributed by atoms with E-state index in [1.807, 2.05) is 0 Å². The van der Waals surface area contributed by atoms with Gasteiger partial charge in [0.1, 0.15) is 0 Å². The fourth-order valence-corrected chi connectivity index (χ4v) is 2.77. The van der Waals surface area contributed by atoms with Crippen molar-refractivity contribution in [1.82, 2.24) is 10.2 Å². The highest BCUT2D eigenvalue weighted by molar-refractivity contribution is 5.85. The Balaban J connectivity index is 0.00000128. The van der Waals surface area contributed by atoms with Crippen LogP contribution in [0.1, 0.15) is 33.1 Å². The Morgan fingerprint density at radius 3 is 2.75 bits per heavy atom. The highest BCUT2D eigenvalue weighted by atomic mass is 35.5. The SMILES string of the molecule is CC(C)CC(=O)N1CCC2(CCNC2)C1.Cl. The van der Waals surface area contributed by atoms with Gasteiger partial charge in [-0.2, -0.15) is 0 Å². The van der Waals surface area contributed by atoms with Gasteiger partial charge >= 0.3 is 0 Å². The van der Waals surface area contributed by atoms with E-state index < -0.39 is 0 Å². The van der Waals surface area contributed by atoms with E-state index in [1.165, 1.54) is 12.8 Å². The van der Waals surface area contributed by atoms with Gasteiger partial charge in [-0.1, -0.05) is 13.8 Å². The number of likely N-dealkylation sites (tertiary alicyclic amines) is 1. The van der Waals surface area contributed by atoms with Crippen molar-refractivity contribution >= 4 is 18.3 Å². The second kappa shape index (κ2) is 5.37. The second-order valence-corrected chi connectivity index (χ2v) is 5.59. The fourth-order valence-electron chi connectivity index (χ4n) is 2.77. The highest BCUT2D eigenvalue weighted by Crippen LogP contribution is 2.36. The molecular formula is C12H23ClN2O. The number of carbonyl (C=O) groups excluding carboxylic acids is 1. The van der Waals surface area contributed by atoms with Crippen LogP contribution in [0.15, 0.2) is 0 Å². The second-order valence-electron chi connectivity index (χ2n) is 5.59. The zero-order valence-corrected chi connectivity index (χ0v) is 11.1. The van der Waals surface area contributed by atoms with Crippen molar-refractivity contribution < 1.29 is 4.79 Å². The van der Waals surface area contributed by atoms with Gasteiger partial charge in [-0.15, -0.1) is 12.4 Å². The lowest BCUT2D eigenvalue weighted by Crippen LogP contribution is -2.33. The molecule has 2 aliphatic heterocycles. The molecule has 2 saturated heterocycles. The third-order valence-corrected chi connectivity index (χ3v) is 3.71. The summed E-state index contributed by atoms with van der Waals surface area (Å²) in [6.45, 7) is 8.44. The Morgan fingerprint density at radius 2 is 2.19 bits per heavy atom. The minimum absolute atomic E-state index is 0. The van der Waals surface area contributed by atoms with Gasteiger partial charge in [0.15, 0.2) is 0 Å². The Labute approximate surface area is 104 Å². The van der Waals surface area contributed by atoms with Crippen LogP contribution in [0, 0.1) is 11.3 Å². The number of amides is 1. The largest absolute Gasteiger partial charge is 0.342 e. The lowest BCUT2D eigenvalue weighted by molar-refractivity contribution is -0.131. The Bertz CT molecular complexity index is 249. The van der Waals surface area contributed by atoms with Gasteiger partial charge in [-0.05, 0) is 25.3 Å². The normalized spacial score (nSPS) is 28.8. The number of nitrogens with one attached hydrogen (secondary N) is 1. The molecule has 0 aromatic carbocycles. The van der Waals surface area contributed by atoms with Gasteiger partial charge < -0.3 is 10.2 Å². The third kappa shape index (κ3) is 2.89. The zero-order chi connectivity index (χ0) is 10.9. The number of nitrogens with zero attached hydrogens (tertiary/aromatic N) is 1. The van der Waals surface area contributed by atoms with Crippen LogP contribution < -0.4 is 5.32 Å². The van der Waals surface area contributed by atoms with Crippen molar-refractivity contribution in [1.29, 1.82) is 0 Å². The average Bonchev–Trinajstić information content (AvgIpc) is 2.76. The van der Waals surface area contributed by atoms with Gasteiger partial charge in [-0.25, -0.2) is 0 Å². The quantitative estimate of drug-likeness (QED) is 0.804. The van der Waals surface area contributed by atoms with E-state index in [1.54, 1.807) is 0 Å². The number of hydrogen-bond acceptors (Lipinski definition) is 2. The standard InChI is InChI=1S/C12H22N2O.ClH/c1-10(2)7-11(15)14-6-4-12(9-14)3-5-13-8-12;/h10,13H,3-9H2,1-2H3;1H. The number of hydrogen-bond donors (Lipinski definition) is 1. The molecule has 1 amide bonds. The van der Waals surface area contributed by atoms with Crippen LogP contribution in [0.25, 0.3) is 0 Å². The van der Waals surface area contributed by atoms with E-state index in [9.17, 15) is 4.79 Å². The molecule has 3 nitrogen and oxygen atoms in total. The molecule has 0 radical (unpaired) electrons. The van der Waals surface area contributed by atoms with Crippen molar-refractivity contribution in [2.24, 2.45) is 11.3 Å². The molecule has 0 bridgehead atoms. The third-order valence-electron chi connectivity index (χ3n) is 3.71. The summed E-state index contributed by atoms with van der Waals surface area (Å²) in [6, 6.07) is 0. The monoisotopic (exact) mass is 246 g/mol. The van der Waals surface area contributed by atoms with E-state index in [0.29, 0.717) is 23.7 Å².